The molecule has 0 saturated carbocycles. The van der Waals surface area contributed by atoms with Crippen LogP contribution in [-0.2, 0) is 21.4 Å². The van der Waals surface area contributed by atoms with Crippen LogP contribution in [0.2, 0.25) is 0 Å². The Labute approximate surface area is 191 Å². The summed E-state index contributed by atoms with van der Waals surface area (Å²) in [5.41, 5.74) is -0.979. The monoisotopic (exact) mass is 481 g/mol. The second kappa shape index (κ2) is 8.90. The van der Waals surface area contributed by atoms with Crippen LogP contribution < -0.4 is 19.7 Å². The average Bonchev–Trinajstić information content (AvgIpc) is 3.12. The molecule has 1 aromatic heterocycles. The Balaban J connectivity index is 2.01. The minimum Gasteiger partial charge on any atom is -0.484 e. The van der Waals surface area contributed by atoms with Gasteiger partial charge in [-0.05, 0) is 45.9 Å². The maximum atomic E-state index is 13.6. The first-order chi connectivity index (χ1) is 15.3. The first-order valence-corrected chi connectivity index (χ1v) is 11.6. The van der Waals surface area contributed by atoms with E-state index in [1.165, 1.54) is 42.9 Å². The van der Waals surface area contributed by atoms with Gasteiger partial charge < -0.3 is 20.3 Å². The molecule has 0 fully saturated rings. The zero-order chi connectivity index (χ0) is 24.6. The van der Waals surface area contributed by atoms with Gasteiger partial charge in [0.15, 0.2) is 0 Å². The Morgan fingerprint density at radius 1 is 1.33 bits per heavy atom. The molecule has 33 heavy (non-hydrogen) atoms. The van der Waals surface area contributed by atoms with E-state index in [4.69, 9.17) is 9.84 Å². The molecular formula is C20H27N5O7S. The Bertz CT molecular complexity index is 1170. The number of hydrogen-bond donors (Lipinski definition) is 4. The van der Waals surface area contributed by atoms with Crippen molar-refractivity contribution in [3.63, 3.8) is 0 Å². The number of aryl methyl sites for hydroxylation is 2. The van der Waals surface area contributed by atoms with E-state index in [0.29, 0.717) is 12.2 Å². The molecule has 1 aliphatic rings. The largest absolute Gasteiger partial charge is 0.484 e. The van der Waals surface area contributed by atoms with Crippen LogP contribution in [0.4, 0.5) is 16.2 Å². The van der Waals surface area contributed by atoms with Crippen LogP contribution in [0.1, 0.15) is 26.5 Å². The van der Waals surface area contributed by atoms with Gasteiger partial charge in [-0.3, -0.25) is 19.1 Å². The molecule has 1 aromatic carbocycles. The third-order valence-corrected chi connectivity index (χ3v) is 6.86. The highest BCUT2D eigenvalue weighted by Gasteiger charge is 2.37. The number of ether oxygens (including phenoxy) is 1. The minimum absolute atomic E-state index is 0.00748. The van der Waals surface area contributed by atoms with Crippen LogP contribution in [0.3, 0.4) is 0 Å². The van der Waals surface area contributed by atoms with Crippen molar-refractivity contribution in [1.82, 2.24) is 15.1 Å². The lowest BCUT2D eigenvalue weighted by Crippen LogP contribution is -2.51. The second-order valence-electron chi connectivity index (χ2n) is 8.09. The number of nitrogens with zero attached hydrogens (tertiary/aromatic N) is 3. The molecule has 12 nitrogen and oxygen atoms in total. The summed E-state index contributed by atoms with van der Waals surface area (Å²) in [6, 6.07) is 4.26. The van der Waals surface area contributed by atoms with Crippen molar-refractivity contribution < 1.29 is 33.0 Å². The van der Waals surface area contributed by atoms with E-state index in [2.05, 4.69) is 15.7 Å². The summed E-state index contributed by atoms with van der Waals surface area (Å²) in [7, 11) is -4.11. The molecule has 0 spiro atoms. The summed E-state index contributed by atoms with van der Waals surface area (Å²) < 4.78 is 35.8. The lowest BCUT2D eigenvalue weighted by atomic mass is 10.1. The molecule has 1 atom stereocenters. The van der Waals surface area contributed by atoms with Gasteiger partial charge in [0.25, 0.3) is 15.9 Å². The molecule has 4 N–H and O–H groups in total. The molecular weight excluding hydrogens is 454 g/mol. The number of benzene rings is 1. The van der Waals surface area contributed by atoms with E-state index < -0.39 is 33.7 Å². The van der Waals surface area contributed by atoms with E-state index in [0.717, 1.165) is 4.31 Å². The standard InChI is InChI=1S/C20H27N5O7S/c1-5-24-11-17(12(2)23-24)33(30,31)25-10-14(9-21-18(26)20(3,4)29)32-16-7-6-13(8-15(16)25)22-19(27)28/h6-8,11,14,22,29H,5,9-10H2,1-4H3,(H,21,26)(H,27,28). The molecule has 0 saturated heterocycles. The molecule has 0 aliphatic carbocycles. The van der Waals surface area contributed by atoms with Gasteiger partial charge in [-0.1, -0.05) is 0 Å². The fourth-order valence-electron chi connectivity index (χ4n) is 3.30. The zero-order valence-electron chi connectivity index (χ0n) is 18.7. The molecule has 2 aromatic rings. The topological polar surface area (TPSA) is 163 Å². The van der Waals surface area contributed by atoms with E-state index in [9.17, 15) is 23.1 Å². The van der Waals surface area contributed by atoms with Crippen molar-refractivity contribution in [3.8, 4) is 5.75 Å². The number of fused-ring (bicyclic) bond motifs is 1. The lowest BCUT2D eigenvalue weighted by molar-refractivity contribution is -0.136. The van der Waals surface area contributed by atoms with Gasteiger partial charge in [-0.25, -0.2) is 13.2 Å². The van der Waals surface area contributed by atoms with Crippen molar-refractivity contribution in [1.29, 1.82) is 0 Å². The summed E-state index contributed by atoms with van der Waals surface area (Å²) in [5, 5.41) is 27.8. The van der Waals surface area contributed by atoms with Crippen molar-refractivity contribution in [2.75, 3.05) is 22.7 Å². The van der Waals surface area contributed by atoms with Crippen molar-refractivity contribution in [3.05, 3.63) is 30.1 Å². The summed E-state index contributed by atoms with van der Waals surface area (Å²) in [5.74, 6) is -0.434. The molecule has 13 heteroatoms. The van der Waals surface area contributed by atoms with Gasteiger partial charge in [0.2, 0.25) is 0 Å². The Hall–Kier alpha value is -3.32. The average molecular weight is 482 g/mol. The molecule has 180 valence electrons. The third kappa shape index (κ3) is 5.20. The number of carbonyl (C=O) groups excluding carboxylic acids is 1. The first-order valence-electron chi connectivity index (χ1n) is 10.2. The fourth-order valence-corrected chi connectivity index (χ4v) is 4.97. The summed E-state index contributed by atoms with van der Waals surface area (Å²) in [6.45, 7) is 6.35. The third-order valence-electron chi connectivity index (χ3n) is 4.98. The number of aliphatic hydroxyl groups is 1. The molecule has 1 aliphatic heterocycles. The Morgan fingerprint density at radius 3 is 2.61 bits per heavy atom. The van der Waals surface area contributed by atoms with Crippen LogP contribution in [0.25, 0.3) is 0 Å². The first kappa shape index (κ1) is 24.3. The number of sulfonamides is 1. The number of nitrogens with one attached hydrogen (secondary N) is 2. The molecule has 3 rings (SSSR count). The zero-order valence-corrected chi connectivity index (χ0v) is 19.5. The number of anilines is 2. The van der Waals surface area contributed by atoms with Crippen LogP contribution in [0, 0.1) is 6.92 Å². The van der Waals surface area contributed by atoms with Gasteiger partial charge in [0.1, 0.15) is 22.4 Å². The summed E-state index contributed by atoms with van der Waals surface area (Å²) >= 11 is 0. The number of carbonyl (C=O) groups is 2. The molecule has 0 radical (unpaired) electrons. The summed E-state index contributed by atoms with van der Waals surface area (Å²) in [6.07, 6.45) is -0.628. The minimum atomic E-state index is -4.11. The molecule has 2 heterocycles. The number of carboxylic acid groups (broad SMARTS) is 1. The summed E-state index contributed by atoms with van der Waals surface area (Å²) in [4.78, 5) is 23.1. The van der Waals surface area contributed by atoms with Gasteiger partial charge in [-0.15, -0.1) is 0 Å². The van der Waals surface area contributed by atoms with E-state index in [1.54, 1.807) is 6.92 Å². The second-order valence-corrected chi connectivity index (χ2v) is 9.92. The molecule has 2 amide bonds. The quantitative estimate of drug-likeness (QED) is 0.457. The van der Waals surface area contributed by atoms with Crippen LogP contribution >= 0.6 is 0 Å². The smallest absolute Gasteiger partial charge is 0.409 e. The van der Waals surface area contributed by atoms with Gasteiger partial charge >= 0.3 is 6.09 Å². The van der Waals surface area contributed by atoms with Crippen LogP contribution in [-0.4, -0.2) is 65.2 Å². The highest BCUT2D eigenvalue weighted by Crippen LogP contribution is 2.39. The van der Waals surface area contributed by atoms with Crippen LogP contribution in [0.15, 0.2) is 29.3 Å². The van der Waals surface area contributed by atoms with Gasteiger partial charge in [0, 0.05) is 18.4 Å². The maximum absolute atomic E-state index is 13.6. The highest BCUT2D eigenvalue weighted by atomic mass is 32.2. The highest BCUT2D eigenvalue weighted by molar-refractivity contribution is 7.92. The maximum Gasteiger partial charge on any atom is 0.409 e. The normalized spacial score (nSPS) is 16.0. The van der Waals surface area contributed by atoms with Crippen molar-refractivity contribution in [2.45, 2.75) is 50.8 Å². The number of rotatable bonds is 7. The number of aromatic nitrogens is 2. The predicted molar refractivity (Wildman–Crippen MR) is 119 cm³/mol. The van der Waals surface area contributed by atoms with Crippen LogP contribution in [0.5, 0.6) is 5.75 Å². The number of hydrogen-bond acceptors (Lipinski definition) is 7. The fraction of sp³-hybridized carbons (Fsp3) is 0.450. The molecule has 0 bridgehead atoms. The van der Waals surface area contributed by atoms with Crippen molar-refractivity contribution >= 4 is 33.4 Å². The van der Waals surface area contributed by atoms with E-state index >= 15 is 0 Å². The molecule has 1 unspecified atom stereocenters. The van der Waals surface area contributed by atoms with E-state index in [-0.39, 0.29) is 35.1 Å². The predicted octanol–water partition coefficient (Wildman–Crippen LogP) is 1.14. The van der Waals surface area contributed by atoms with Gasteiger partial charge in [0.05, 0.1) is 24.5 Å². The lowest BCUT2D eigenvalue weighted by Gasteiger charge is -2.36. The van der Waals surface area contributed by atoms with Crippen molar-refractivity contribution in [2.24, 2.45) is 0 Å². The van der Waals surface area contributed by atoms with Gasteiger partial charge in [-0.2, -0.15) is 5.10 Å². The Morgan fingerprint density at radius 2 is 2.03 bits per heavy atom. The Kier molecular flexibility index (Phi) is 6.56. The van der Waals surface area contributed by atoms with E-state index in [1.807, 2.05) is 6.92 Å². The number of amides is 2. The SMILES string of the molecule is CCn1cc(S(=O)(=O)N2CC(CNC(=O)C(C)(C)O)Oc3ccc(NC(=O)O)cc32)c(C)n1.